The second-order valence-corrected chi connectivity index (χ2v) is 5.04. The van der Waals surface area contributed by atoms with Gasteiger partial charge in [0.05, 0.1) is 6.61 Å². The highest BCUT2D eigenvalue weighted by Crippen LogP contribution is 2.29. The SMILES string of the molecule is COCC1(C)CC(C2CCCN2)CN1. The third-order valence-electron chi connectivity index (χ3n) is 3.63. The molecule has 0 aliphatic carbocycles. The molecule has 0 aromatic heterocycles. The molecule has 2 heterocycles. The molecule has 2 saturated heterocycles. The molecule has 3 nitrogen and oxygen atoms in total. The van der Waals surface area contributed by atoms with Gasteiger partial charge >= 0.3 is 0 Å². The van der Waals surface area contributed by atoms with E-state index in [0.29, 0.717) is 0 Å². The third kappa shape index (κ3) is 2.10. The molecule has 0 amide bonds. The van der Waals surface area contributed by atoms with Gasteiger partial charge in [-0.3, -0.25) is 0 Å². The molecule has 0 aromatic rings. The molecule has 2 N–H and O–H groups in total. The Kier molecular flexibility index (Phi) is 3.10. The lowest BCUT2D eigenvalue weighted by Crippen LogP contribution is -2.40. The van der Waals surface area contributed by atoms with E-state index < -0.39 is 0 Å². The Morgan fingerprint density at radius 3 is 3.00 bits per heavy atom. The Bertz CT molecular complexity index is 192. The molecule has 0 aromatic carbocycles. The van der Waals surface area contributed by atoms with Gasteiger partial charge in [0.15, 0.2) is 0 Å². The largest absolute Gasteiger partial charge is 0.383 e. The minimum absolute atomic E-state index is 0.212. The number of nitrogens with one attached hydrogen (secondary N) is 2. The van der Waals surface area contributed by atoms with Crippen molar-refractivity contribution in [1.29, 1.82) is 0 Å². The fourth-order valence-corrected chi connectivity index (χ4v) is 2.93. The van der Waals surface area contributed by atoms with E-state index in [1.165, 1.54) is 25.8 Å². The summed E-state index contributed by atoms with van der Waals surface area (Å²) in [5.74, 6) is 0.803. The van der Waals surface area contributed by atoms with E-state index in [1.807, 2.05) is 0 Å². The molecule has 0 bridgehead atoms. The van der Waals surface area contributed by atoms with Gasteiger partial charge in [-0.25, -0.2) is 0 Å². The van der Waals surface area contributed by atoms with Gasteiger partial charge < -0.3 is 15.4 Å². The third-order valence-corrected chi connectivity index (χ3v) is 3.63. The molecule has 3 atom stereocenters. The van der Waals surface area contributed by atoms with E-state index in [-0.39, 0.29) is 5.54 Å². The Hall–Kier alpha value is -0.120. The zero-order valence-corrected chi connectivity index (χ0v) is 9.31. The van der Waals surface area contributed by atoms with E-state index in [9.17, 15) is 0 Å². The van der Waals surface area contributed by atoms with Gasteiger partial charge in [-0.15, -0.1) is 0 Å². The first kappa shape index (κ1) is 10.4. The van der Waals surface area contributed by atoms with Gasteiger partial charge in [-0.1, -0.05) is 0 Å². The van der Waals surface area contributed by atoms with Crippen LogP contribution in [0, 0.1) is 5.92 Å². The maximum atomic E-state index is 5.26. The fraction of sp³-hybridized carbons (Fsp3) is 1.00. The van der Waals surface area contributed by atoms with E-state index >= 15 is 0 Å². The Balaban J connectivity index is 1.86. The zero-order valence-electron chi connectivity index (χ0n) is 9.31. The van der Waals surface area contributed by atoms with Crippen molar-refractivity contribution in [3.05, 3.63) is 0 Å². The van der Waals surface area contributed by atoms with Crippen molar-refractivity contribution in [3.8, 4) is 0 Å². The highest BCUT2D eigenvalue weighted by Gasteiger charge is 2.38. The van der Waals surface area contributed by atoms with Gasteiger partial charge in [-0.05, 0) is 38.6 Å². The van der Waals surface area contributed by atoms with Crippen molar-refractivity contribution in [2.75, 3.05) is 26.8 Å². The van der Waals surface area contributed by atoms with Gasteiger partial charge in [0.2, 0.25) is 0 Å². The molecule has 3 unspecified atom stereocenters. The molecular weight excluding hydrogens is 176 g/mol. The van der Waals surface area contributed by atoms with Crippen LogP contribution in [0.5, 0.6) is 0 Å². The molecule has 0 saturated carbocycles. The summed E-state index contributed by atoms with van der Waals surface area (Å²) in [6.07, 6.45) is 3.95. The second-order valence-electron chi connectivity index (χ2n) is 5.04. The predicted octanol–water partition coefficient (Wildman–Crippen LogP) is 0.753. The van der Waals surface area contributed by atoms with Crippen molar-refractivity contribution in [2.24, 2.45) is 5.92 Å². The number of hydrogen-bond acceptors (Lipinski definition) is 3. The number of ether oxygens (including phenoxy) is 1. The topological polar surface area (TPSA) is 33.3 Å². The standard InChI is InChI=1S/C11H22N2O/c1-11(8-14-2)6-9(7-13-11)10-4-3-5-12-10/h9-10,12-13H,3-8H2,1-2H3. The first-order chi connectivity index (χ1) is 6.73. The molecule has 3 heteroatoms. The van der Waals surface area contributed by atoms with E-state index in [2.05, 4.69) is 17.6 Å². The van der Waals surface area contributed by atoms with Crippen LogP contribution >= 0.6 is 0 Å². The maximum absolute atomic E-state index is 5.26. The smallest absolute Gasteiger partial charge is 0.0641 e. The van der Waals surface area contributed by atoms with Crippen LogP contribution in [0.4, 0.5) is 0 Å². The molecular formula is C11H22N2O. The zero-order chi connectivity index (χ0) is 10.0. The summed E-state index contributed by atoms with van der Waals surface area (Å²) in [4.78, 5) is 0. The van der Waals surface area contributed by atoms with Crippen LogP contribution < -0.4 is 10.6 Å². The lowest BCUT2D eigenvalue weighted by Gasteiger charge is -2.24. The van der Waals surface area contributed by atoms with Crippen molar-refractivity contribution in [2.45, 2.75) is 37.8 Å². The summed E-state index contributed by atoms with van der Waals surface area (Å²) in [6, 6.07) is 0.751. The first-order valence-corrected chi connectivity index (χ1v) is 5.71. The number of hydrogen-bond donors (Lipinski definition) is 2. The molecule has 2 fully saturated rings. The Morgan fingerprint density at radius 1 is 1.50 bits per heavy atom. The van der Waals surface area contributed by atoms with Crippen molar-refractivity contribution in [1.82, 2.24) is 10.6 Å². The lowest BCUT2D eigenvalue weighted by molar-refractivity contribution is 0.127. The fourth-order valence-electron chi connectivity index (χ4n) is 2.93. The summed E-state index contributed by atoms with van der Waals surface area (Å²) >= 11 is 0. The normalized spacial score (nSPS) is 43.3. The molecule has 0 radical (unpaired) electrons. The molecule has 2 aliphatic heterocycles. The highest BCUT2D eigenvalue weighted by atomic mass is 16.5. The molecule has 0 spiro atoms. The average Bonchev–Trinajstić information content (AvgIpc) is 2.73. The van der Waals surface area contributed by atoms with E-state index in [0.717, 1.165) is 25.1 Å². The van der Waals surface area contributed by atoms with Crippen molar-refractivity contribution >= 4 is 0 Å². The molecule has 82 valence electrons. The molecule has 14 heavy (non-hydrogen) atoms. The van der Waals surface area contributed by atoms with Crippen LogP contribution in [0.25, 0.3) is 0 Å². The number of rotatable bonds is 3. The highest BCUT2D eigenvalue weighted by molar-refractivity contribution is 4.98. The van der Waals surface area contributed by atoms with Crippen LogP contribution in [-0.2, 0) is 4.74 Å². The summed E-state index contributed by atoms with van der Waals surface area (Å²) < 4.78 is 5.26. The summed E-state index contributed by atoms with van der Waals surface area (Å²) in [6.45, 7) is 5.46. The minimum atomic E-state index is 0.212. The Morgan fingerprint density at radius 2 is 2.36 bits per heavy atom. The van der Waals surface area contributed by atoms with Gasteiger partial charge in [0, 0.05) is 25.2 Å². The monoisotopic (exact) mass is 198 g/mol. The van der Waals surface area contributed by atoms with Crippen molar-refractivity contribution < 1.29 is 4.74 Å². The first-order valence-electron chi connectivity index (χ1n) is 5.71. The number of methoxy groups -OCH3 is 1. The van der Waals surface area contributed by atoms with Crippen LogP contribution in [0.1, 0.15) is 26.2 Å². The van der Waals surface area contributed by atoms with Crippen LogP contribution in [0.3, 0.4) is 0 Å². The summed E-state index contributed by atoms with van der Waals surface area (Å²) in [7, 11) is 1.79. The van der Waals surface area contributed by atoms with E-state index in [1.54, 1.807) is 7.11 Å². The quantitative estimate of drug-likeness (QED) is 0.702. The van der Waals surface area contributed by atoms with E-state index in [4.69, 9.17) is 4.74 Å². The predicted molar refractivity (Wildman–Crippen MR) is 57.4 cm³/mol. The Labute approximate surface area is 86.6 Å². The van der Waals surface area contributed by atoms with Gasteiger partial charge in [0.25, 0.3) is 0 Å². The van der Waals surface area contributed by atoms with Crippen LogP contribution in [-0.4, -0.2) is 38.4 Å². The van der Waals surface area contributed by atoms with Crippen molar-refractivity contribution in [3.63, 3.8) is 0 Å². The lowest BCUT2D eigenvalue weighted by atomic mass is 9.90. The summed E-state index contributed by atoms with van der Waals surface area (Å²) in [5.41, 5.74) is 0.212. The summed E-state index contributed by atoms with van der Waals surface area (Å²) in [5, 5.41) is 7.19. The second kappa shape index (κ2) is 4.17. The van der Waals surface area contributed by atoms with Gasteiger partial charge in [0.1, 0.15) is 0 Å². The van der Waals surface area contributed by atoms with Crippen LogP contribution in [0.15, 0.2) is 0 Å². The maximum Gasteiger partial charge on any atom is 0.0641 e. The van der Waals surface area contributed by atoms with Crippen LogP contribution in [0.2, 0.25) is 0 Å². The molecule has 2 aliphatic rings. The van der Waals surface area contributed by atoms with Gasteiger partial charge in [-0.2, -0.15) is 0 Å². The molecule has 2 rings (SSSR count). The average molecular weight is 198 g/mol. The minimum Gasteiger partial charge on any atom is -0.383 e.